The molecule has 0 unspecified atom stereocenters. The third-order valence-corrected chi connectivity index (χ3v) is 5.33. The lowest BCUT2D eigenvalue weighted by molar-refractivity contribution is -0.139. The van der Waals surface area contributed by atoms with Crippen molar-refractivity contribution in [1.29, 1.82) is 0 Å². The molecular formula is C16H27N3O2. The summed E-state index contributed by atoms with van der Waals surface area (Å²) in [5, 5.41) is 6.55. The Morgan fingerprint density at radius 1 is 1.14 bits per heavy atom. The number of hydrogen-bond acceptors (Lipinski definition) is 3. The fraction of sp³-hybridized carbons (Fsp3) is 0.875. The molecule has 21 heavy (non-hydrogen) atoms. The summed E-state index contributed by atoms with van der Waals surface area (Å²) in [4.78, 5) is 26.7. The zero-order chi connectivity index (χ0) is 14.8. The third-order valence-electron chi connectivity index (χ3n) is 5.33. The average molecular weight is 293 g/mol. The van der Waals surface area contributed by atoms with Crippen molar-refractivity contribution in [3.63, 3.8) is 0 Å². The molecule has 2 aliphatic heterocycles. The van der Waals surface area contributed by atoms with E-state index in [9.17, 15) is 9.59 Å². The lowest BCUT2D eigenvalue weighted by atomic mass is 9.87. The zero-order valence-corrected chi connectivity index (χ0v) is 12.9. The van der Waals surface area contributed by atoms with Crippen molar-refractivity contribution < 1.29 is 9.59 Å². The molecule has 2 amide bonds. The summed E-state index contributed by atoms with van der Waals surface area (Å²) in [5.41, 5.74) is 0. The number of nitrogens with one attached hydrogen (secondary N) is 2. The lowest BCUT2D eigenvalue weighted by Crippen LogP contribution is -2.65. The van der Waals surface area contributed by atoms with Gasteiger partial charge >= 0.3 is 0 Å². The van der Waals surface area contributed by atoms with Gasteiger partial charge in [0.2, 0.25) is 11.8 Å². The van der Waals surface area contributed by atoms with E-state index in [0.717, 1.165) is 32.2 Å². The van der Waals surface area contributed by atoms with Gasteiger partial charge < -0.3 is 15.5 Å². The molecule has 5 nitrogen and oxygen atoms in total. The van der Waals surface area contributed by atoms with Crippen molar-refractivity contribution in [2.45, 2.75) is 82.5 Å². The maximum absolute atomic E-state index is 12.5. The number of hydrogen-bond donors (Lipinski definition) is 2. The van der Waals surface area contributed by atoms with E-state index >= 15 is 0 Å². The second kappa shape index (κ2) is 6.34. The van der Waals surface area contributed by atoms with E-state index in [-0.39, 0.29) is 23.9 Å². The molecule has 4 atom stereocenters. The standard InChI is InChI=1S/C16H27N3O2/c1-11-6-4-5-9-19(11)15(20)10-14-16(21)18-13-8-3-2-7-12(13)17-14/h11-14,17H,2-10H2,1H3,(H,18,21)/t11-,12+,13-,14-/m0/s1. The molecule has 0 aromatic rings. The van der Waals surface area contributed by atoms with Gasteiger partial charge in [0.1, 0.15) is 0 Å². The summed E-state index contributed by atoms with van der Waals surface area (Å²) >= 11 is 0. The van der Waals surface area contributed by atoms with Crippen LogP contribution in [0.1, 0.15) is 58.3 Å². The van der Waals surface area contributed by atoms with Crippen LogP contribution in [0.3, 0.4) is 0 Å². The van der Waals surface area contributed by atoms with Crippen LogP contribution in [0.25, 0.3) is 0 Å². The van der Waals surface area contributed by atoms with Gasteiger partial charge in [-0.1, -0.05) is 12.8 Å². The Morgan fingerprint density at radius 3 is 2.62 bits per heavy atom. The molecule has 3 rings (SSSR count). The first kappa shape index (κ1) is 14.8. The molecule has 3 fully saturated rings. The Morgan fingerprint density at radius 2 is 1.86 bits per heavy atom. The van der Waals surface area contributed by atoms with Gasteiger partial charge in [0, 0.05) is 24.7 Å². The van der Waals surface area contributed by atoms with E-state index in [2.05, 4.69) is 17.6 Å². The highest BCUT2D eigenvalue weighted by molar-refractivity contribution is 5.89. The van der Waals surface area contributed by atoms with Crippen LogP contribution in [0, 0.1) is 0 Å². The molecule has 0 aromatic heterocycles. The largest absolute Gasteiger partial charge is 0.350 e. The van der Waals surface area contributed by atoms with Gasteiger partial charge in [0.25, 0.3) is 0 Å². The van der Waals surface area contributed by atoms with Crippen LogP contribution >= 0.6 is 0 Å². The minimum absolute atomic E-state index is 0.0103. The lowest BCUT2D eigenvalue weighted by Gasteiger charge is -2.41. The summed E-state index contributed by atoms with van der Waals surface area (Å²) in [6.07, 6.45) is 8.26. The first-order valence-corrected chi connectivity index (χ1v) is 8.51. The zero-order valence-electron chi connectivity index (χ0n) is 12.9. The molecule has 0 radical (unpaired) electrons. The highest BCUT2D eigenvalue weighted by Crippen LogP contribution is 2.23. The smallest absolute Gasteiger partial charge is 0.237 e. The molecule has 118 valence electrons. The summed E-state index contributed by atoms with van der Waals surface area (Å²) in [7, 11) is 0. The van der Waals surface area contributed by atoms with E-state index in [1.165, 1.54) is 19.3 Å². The normalized spacial score (nSPS) is 36.8. The first-order chi connectivity index (χ1) is 10.1. The summed E-state index contributed by atoms with van der Waals surface area (Å²) < 4.78 is 0. The molecular weight excluding hydrogens is 266 g/mol. The Kier molecular flexibility index (Phi) is 4.48. The average Bonchev–Trinajstić information content (AvgIpc) is 2.48. The molecule has 0 spiro atoms. The van der Waals surface area contributed by atoms with Gasteiger partial charge in [0.15, 0.2) is 0 Å². The van der Waals surface area contributed by atoms with Crippen LogP contribution in [0.5, 0.6) is 0 Å². The van der Waals surface area contributed by atoms with Gasteiger partial charge in [0.05, 0.1) is 12.5 Å². The Balaban J connectivity index is 1.58. The monoisotopic (exact) mass is 293 g/mol. The van der Waals surface area contributed by atoms with E-state index < -0.39 is 0 Å². The van der Waals surface area contributed by atoms with Gasteiger partial charge in [-0.05, 0) is 39.0 Å². The molecule has 1 saturated carbocycles. The summed E-state index contributed by atoms with van der Waals surface area (Å²) in [5.74, 6) is 0.139. The predicted molar refractivity (Wildman–Crippen MR) is 80.8 cm³/mol. The van der Waals surface area contributed by atoms with Gasteiger partial charge in [-0.2, -0.15) is 0 Å². The number of nitrogens with zero attached hydrogens (tertiary/aromatic N) is 1. The number of carbonyl (C=O) groups excluding carboxylic acids is 2. The Hall–Kier alpha value is -1.10. The van der Waals surface area contributed by atoms with Crippen LogP contribution in [0.15, 0.2) is 0 Å². The highest BCUT2D eigenvalue weighted by Gasteiger charge is 2.38. The number of likely N-dealkylation sites (tertiary alicyclic amines) is 1. The molecule has 2 saturated heterocycles. The predicted octanol–water partition coefficient (Wildman–Crippen LogP) is 1.18. The highest BCUT2D eigenvalue weighted by atomic mass is 16.2. The topological polar surface area (TPSA) is 61.4 Å². The number of piperazine rings is 1. The van der Waals surface area contributed by atoms with E-state index in [1.807, 2.05) is 4.90 Å². The minimum Gasteiger partial charge on any atom is -0.350 e. The second-order valence-corrected chi connectivity index (χ2v) is 6.86. The number of carbonyl (C=O) groups is 2. The Labute approximate surface area is 126 Å². The van der Waals surface area contributed by atoms with Crippen LogP contribution in [0.2, 0.25) is 0 Å². The van der Waals surface area contributed by atoms with Crippen molar-refractivity contribution in [1.82, 2.24) is 15.5 Å². The third kappa shape index (κ3) is 3.23. The molecule has 3 aliphatic rings. The van der Waals surface area contributed by atoms with Crippen molar-refractivity contribution in [2.75, 3.05) is 6.54 Å². The molecule has 2 heterocycles. The van der Waals surface area contributed by atoms with Gasteiger partial charge in [-0.3, -0.25) is 9.59 Å². The van der Waals surface area contributed by atoms with Crippen molar-refractivity contribution in [3.8, 4) is 0 Å². The van der Waals surface area contributed by atoms with Crippen molar-refractivity contribution in [2.24, 2.45) is 0 Å². The van der Waals surface area contributed by atoms with E-state index in [4.69, 9.17) is 0 Å². The van der Waals surface area contributed by atoms with Crippen molar-refractivity contribution in [3.05, 3.63) is 0 Å². The number of amides is 2. The maximum Gasteiger partial charge on any atom is 0.237 e. The number of fused-ring (bicyclic) bond motifs is 1. The number of piperidine rings is 1. The molecule has 2 N–H and O–H groups in total. The van der Waals surface area contributed by atoms with Crippen LogP contribution < -0.4 is 10.6 Å². The van der Waals surface area contributed by atoms with Crippen LogP contribution in [-0.2, 0) is 9.59 Å². The van der Waals surface area contributed by atoms with Gasteiger partial charge in [-0.15, -0.1) is 0 Å². The fourth-order valence-electron chi connectivity index (χ4n) is 4.03. The minimum atomic E-state index is -0.342. The van der Waals surface area contributed by atoms with Crippen molar-refractivity contribution >= 4 is 11.8 Å². The second-order valence-electron chi connectivity index (χ2n) is 6.86. The molecule has 1 aliphatic carbocycles. The maximum atomic E-state index is 12.5. The quantitative estimate of drug-likeness (QED) is 0.803. The molecule has 0 bridgehead atoms. The summed E-state index contributed by atoms with van der Waals surface area (Å²) in [6.45, 7) is 2.96. The fourth-order valence-corrected chi connectivity index (χ4v) is 4.03. The number of rotatable bonds is 2. The van der Waals surface area contributed by atoms with Gasteiger partial charge in [-0.25, -0.2) is 0 Å². The van der Waals surface area contributed by atoms with E-state index in [0.29, 0.717) is 18.5 Å². The Bertz CT molecular complexity index is 412. The van der Waals surface area contributed by atoms with E-state index in [1.54, 1.807) is 0 Å². The molecule has 5 heteroatoms. The first-order valence-electron chi connectivity index (χ1n) is 8.51. The molecule has 0 aromatic carbocycles. The van der Waals surface area contributed by atoms with Crippen LogP contribution in [0.4, 0.5) is 0 Å². The SMILES string of the molecule is C[C@H]1CCCCN1C(=O)C[C@@H]1N[C@@H]2CCCC[C@@H]2NC1=O. The summed E-state index contributed by atoms with van der Waals surface area (Å²) in [6, 6.07) is 0.603. The van der Waals surface area contributed by atoms with Crippen LogP contribution in [-0.4, -0.2) is 47.4 Å².